The van der Waals surface area contributed by atoms with Gasteiger partial charge in [0.15, 0.2) is 0 Å². The average Bonchev–Trinajstić information content (AvgIpc) is 2.97. The Morgan fingerprint density at radius 3 is 3.04 bits per heavy atom. The molecular weight excluding hydrogens is 306 g/mol. The zero-order chi connectivity index (χ0) is 17.1. The van der Waals surface area contributed by atoms with Crippen LogP contribution >= 0.6 is 0 Å². The maximum absolute atomic E-state index is 12.2. The van der Waals surface area contributed by atoms with Crippen LogP contribution in [-0.4, -0.2) is 46.6 Å². The lowest BCUT2D eigenvalue weighted by atomic mass is 9.99. The highest BCUT2D eigenvalue weighted by molar-refractivity contribution is 5.84. The van der Waals surface area contributed by atoms with E-state index in [9.17, 15) is 9.59 Å². The van der Waals surface area contributed by atoms with Crippen molar-refractivity contribution in [1.82, 2.24) is 15.2 Å². The van der Waals surface area contributed by atoms with E-state index in [1.54, 1.807) is 4.90 Å². The molecule has 1 aliphatic rings. The number of nitrogens with zero attached hydrogens (tertiary/aromatic N) is 1. The number of aryl methyl sites for hydroxylation is 1. The molecule has 1 aromatic heterocycles. The molecular formula is C18H23N3O3. The molecule has 0 saturated carbocycles. The summed E-state index contributed by atoms with van der Waals surface area (Å²) in [4.78, 5) is 28.2. The Morgan fingerprint density at radius 1 is 1.42 bits per heavy atom. The third kappa shape index (κ3) is 3.53. The average molecular weight is 329 g/mol. The predicted molar refractivity (Wildman–Crippen MR) is 92.1 cm³/mol. The molecule has 24 heavy (non-hydrogen) atoms. The summed E-state index contributed by atoms with van der Waals surface area (Å²) in [5.41, 5.74) is 3.49. The number of aromatic nitrogens is 1. The van der Waals surface area contributed by atoms with Crippen molar-refractivity contribution in [2.24, 2.45) is 5.92 Å². The summed E-state index contributed by atoms with van der Waals surface area (Å²) >= 11 is 0. The molecule has 0 radical (unpaired) electrons. The fourth-order valence-electron chi connectivity index (χ4n) is 3.29. The summed E-state index contributed by atoms with van der Waals surface area (Å²) in [5.74, 6) is -1.26. The van der Waals surface area contributed by atoms with E-state index >= 15 is 0 Å². The molecule has 1 unspecified atom stereocenters. The number of fused-ring (bicyclic) bond motifs is 1. The van der Waals surface area contributed by atoms with Crippen molar-refractivity contribution in [3.8, 4) is 0 Å². The monoisotopic (exact) mass is 329 g/mol. The highest BCUT2D eigenvalue weighted by Crippen LogP contribution is 2.20. The molecule has 0 bridgehead atoms. The van der Waals surface area contributed by atoms with Crippen molar-refractivity contribution in [3.63, 3.8) is 0 Å². The Morgan fingerprint density at radius 2 is 2.25 bits per heavy atom. The van der Waals surface area contributed by atoms with E-state index in [2.05, 4.69) is 35.4 Å². The Balaban J connectivity index is 1.53. The maximum atomic E-state index is 12.2. The third-order valence-corrected chi connectivity index (χ3v) is 4.65. The zero-order valence-corrected chi connectivity index (χ0v) is 13.8. The van der Waals surface area contributed by atoms with E-state index in [0.29, 0.717) is 26.1 Å². The molecule has 0 spiro atoms. The van der Waals surface area contributed by atoms with Gasteiger partial charge in [0.1, 0.15) is 0 Å². The Labute approximate surface area is 140 Å². The molecule has 1 saturated heterocycles. The SMILES string of the molecule is Cc1ccc2c(CCNC(=O)N3CCCC(C(=O)O)C3)c[nH]c2c1. The van der Waals surface area contributed by atoms with Crippen LogP contribution in [0.2, 0.25) is 0 Å². The number of urea groups is 1. The van der Waals surface area contributed by atoms with Gasteiger partial charge in [0.05, 0.1) is 5.92 Å². The minimum absolute atomic E-state index is 0.170. The number of carbonyl (C=O) groups excluding carboxylic acids is 1. The predicted octanol–water partition coefficient (Wildman–Crippen LogP) is 2.53. The van der Waals surface area contributed by atoms with Crippen molar-refractivity contribution < 1.29 is 14.7 Å². The number of H-pyrrole nitrogens is 1. The van der Waals surface area contributed by atoms with Crippen LogP contribution in [0.5, 0.6) is 0 Å². The number of piperidine rings is 1. The van der Waals surface area contributed by atoms with Gasteiger partial charge in [-0.1, -0.05) is 12.1 Å². The Hall–Kier alpha value is -2.50. The topological polar surface area (TPSA) is 85.4 Å². The van der Waals surface area contributed by atoms with E-state index in [-0.39, 0.29) is 6.03 Å². The third-order valence-electron chi connectivity index (χ3n) is 4.65. The van der Waals surface area contributed by atoms with Gasteiger partial charge in [0.2, 0.25) is 0 Å². The standard InChI is InChI=1S/C18H23N3O3/c1-12-4-5-15-13(10-20-16(15)9-12)6-7-19-18(24)21-8-2-3-14(11-21)17(22)23/h4-5,9-10,14,20H,2-3,6-8,11H2,1H3,(H,19,24)(H,22,23). The number of aromatic amines is 1. The normalized spacial score (nSPS) is 17.9. The second-order valence-electron chi connectivity index (χ2n) is 6.47. The van der Waals surface area contributed by atoms with Crippen LogP contribution in [-0.2, 0) is 11.2 Å². The van der Waals surface area contributed by atoms with E-state index in [0.717, 1.165) is 18.4 Å². The number of carboxylic acids is 1. The number of nitrogens with one attached hydrogen (secondary N) is 2. The van der Waals surface area contributed by atoms with Gasteiger partial charge in [-0.15, -0.1) is 0 Å². The zero-order valence-electron chi connectivity index (χ0n) is 13.8. The fourth-order valence-corrected chi connectivity index (χ4v) is 3.29. The van der Waals surface area contributed by atoms with Crippen LogP contribution in [0.3, 0.4) is 0 Å². The van der Waals surface area contributed by atoms with Gasteiger partial charge in [-0.25, -0.2) is 4.79 Å². The van der Waals surface area contributed by atoms with E-state index in [4.69, 9.17) is 5.11 Å². The van der Waals surface area contributed by atoms with Gasteiger partial charge in [-0.2, -0.15) is 0 Å². The van der Waals surface area contributed by atoms with Gasteiger partial charge < -0.3 is 20.3 Å². The van der Waals surface area contributed by atoms with Crippen molar-refractivity contribution in [2.75, 3.05) is 19.6 Å². The molecule has 1 aliphatic heterocycles. The van der Waals surface area contributed by atoms with Crippen LogP contribution in [0.15, 0.2) is 24.4 Å². The molecule has 128 valence electrons. The molecule has 1 aromatic carbocycles. The van der Waals surface area contributed by atoms with E-state index in [1.807, 2.05) is 6.20 Å². The summed E-state index contributed by atoms with van der Waals surface area (Å²) in [6.07, 6.45) is 4.11. The Kier molecular flexibility index (Phi) is 4.74. The quantitative estimate of drug-likeness (QED) is 0.806. The molecule has 3 N–H and O–H groups in total. The number of carbonyl (C=O) groups is 2. The maximum Gasteiger partial charge on any atom is 0.317 e. The first-order chi connectivity index (χ1) is 11.5. The van der Waals surface area contributed by atoms with Crippen molar-refractivity contribution in [2.45, 2.75) is 26.2 Å². The fraction of sp³-hybridized carbons (Fsp3) is 0.444. The molecule has 1 fully saturated rings. The summed E-state index contributed by atoms with van der Waals surface area (Å²) < 4.78 is 0. The van der Waals surface area contributed by atoms with E-state index in [1.165, 1.54) is 16.5 Å². The minimum Gasteiger partial charge on any atom is -0.481 e. The summed E-state index contributed by atoms with van der Waals surface area (Å²) in [7, 11) is 0. The van der Waals surface area contributed by atoms with Crippen LogP contribution in [0.25, 0.3) is 10.9 Å². The summed E-state index contributed by atoms with van der Waals surface area (Å²) in [6.45, 7) is 3.52. The number of aliphatic carboxylic acids is 1. The first-order valence-corrected chi connectivity index (χ1v) is 8.37. The second kappa shape index (κ2) is 6.95. The van der Waals surface area contributed by atoms with Crippen molar-refractivity contribution in [3.05, 3.63) is 35.5 Å². The van der Waals surface area contributed by atoms with Gasteiger partial charge in [-0.05, 0) is 43.4 Å². The molecule has 6 nitrogen and oxygen atoms in total. The smallest absolute Gasteiger partial charge is 0.317 e. The van der Waals surface area contributed by atoms with Crippen LogP contribution in [0.4, 0.5) is 4.79 Å². The molecule has 3 rings (SSSR count). The van der Waals surface area contributed by atoms with Crippen molar-refractivity contribution in [1.29, 1.82) is 0 Å². The first-order valence-electron chi connectivity index (χ1n) is 8.37. The number of amides is 2. The van der Waals surface area contributed by atoms with Gasteiger partial charge in [0, 0.05) is 36.7 Å². The molecule has 2 amide bonds. The summed E-state index contributed by atoms with van der Waals surface area (Å²) in [5, 5.41) is 13.2. The van der Waals surface area contributed by atoms with Gasteiger partial charge >= 0.3 is 12.0 Å². The highest BCUT2D eigenvalue weighted by Gasteiger charge is 2.27. The molecule has 1 atom stereocenters. The van der Waals surface area contributed by atoms with Crippen molar-refractivity contribution >= 4 is 22.9 Å². The molecule has 6 heteroatoms. The number of rotatable bonds is 4. The summed E-state index contributed by atoms with van der Waals surface area (Å²) in [6, 6.07) is 6.12. The van der Waals surface area contributed by atoms with Gasteiger partial charge in [-0.3, -0.25) is 4.79 Å². The highest BCUT2D eigenvalue weighted by atomic mass is 16.4. The lowest BCUT2D eigenvalue weighted by Gasteiger charge is -2.30. The van der Waals surface area contributed by atoms with Crippen LogP contribution < -0.4 is 5.32 Å². The number of likely N-dealkylation sites (tertiary alicyclic amines) is 1. The number of hydrogen-bond donors (Lipinski definition) is 3. The first kappa shape index (κ1) is 16.4. The Bertz CT molecular complexity index is 753. The molecule has 2 aromatic rings. The second-order valence-corrected chi connectivity index (χ2v) is 6.47. The van der Waals surface area contributed by atoms with Crippen LogP contribution in [0, 0.1) is 12.8 Å². The van der Waals surface area contributed by atoms with Gasteiger partial charge in [0.25, 0.3) is 0 Å². The largest absolute Gasteiger partial charge is 0.481 e. The lowest BCUT2D eigenvalue weighted by Crippen LogP contribution is -2.47. The number of benzene rings is 1. The molecule has 0 aliphatic carbocycles. The number of carboxylic acid groups (broad SMARTS) is 1. The minimum atomic E-state index is -0.818. The van der Waals surface area contributed by atoms with Crippen LogP contribution in [0.1, 0.15) is 24.0 Å². The number of hydrogen-bond acceptors (Lipinski definition) is 2. The molecule has 2 heterocycles. The lowest BCUT2D eigenvalue weighted by molar-refractivity contribution is -0.143. The van der Waals surface area contributed by atoms with E-state index < -0.39 is 11.9 Å².